The van der Waals surface area contributed by atoms with E-state index in [9.17, 15) is 19.2 Å². The third kappa shape index (κ3) is 4.73. The van der Waals surface area contributed by atoms with Gasteiger partial charge in [-0.25, -0.2) is 9.59 Å². The number of nitrogens with one attached hydrogen (secondary N) is 2. The van der Waals surface area contributed by atoms with E-state index in [0.29, 0.717) is 12.8 Å². The van der Waals surface area contributed by atoms with Crippen LogP contribution >= 0.6 is 0 Å². The van der Waals surface area contributed by atoms with Crippen molar-refractivity contribution in [1.29, 1.82) is 0 Å². The summed E-state index contributed by atoms with van der Waals surface area (Å²) in [7, 11) is 1.36. The van der Waals surface area contributed by atoms with Crippen molar-refractivity contribution in [2.24, 2.45) is 0 Å². The van der Waals surface area contributed by atoms with Gasteiger partial charge in [0.1, 0.15) is 12.1 Å². The Labute approximate surface area is 122 Å². The van der Waals surface area contributed by atoms with Gasteiger partial charge in [-0.15, -0.1) is 0 Å². The molecule has 4 amide bonds. The van der Waals surface area contributed by atoms with E-state index in [1.165, 1.54) is 7.05 Å². The van der Waals surface area contributed by atoms with Crippen LogP contribution < -0.4 is 10.6 Å². The minimum atomic E-state index is -1.11. The van der Waals surface area contributed by atoms with Gasteiger partial charge in [0.05, 0.1) is 0 Å². The molecule has 1 saturated heterocycles. The lowest BCUT2D eigenvalue weighted by Gasteiger charge is -2.28. The molecule has 1 aliphatic heterocycles. The molecule has 1 rings (SSSR count). The van der Waals surface area contributed by atoms with E-state index < -0.39 is 30.0 Å². The van der Waals surface area contributed by atoms with Gasteiger partial charge in [-0.1, -0.05) is 19.8 Å². The van der Waals surface area contributed by atoms with Crippen LogP contribution in [-0.2, 0) is 14.4 Å². The Morgan fingerprint density at radius 2 is 2.10 bits per heavy atom. The van der Waals surface area contributed by atoms with Crippen LogP contribution in [0.2, 0.25) is 0 Å². The van der Waals surface area contributed by atoms with Gasteiger partial charge in [0, 0.05) is 13.5 Å². The Hall–Kier alpha value is -2.12. The van der Waals surface area contributed by atoms with Crippen molar-refractivity contribution in [3.63, 3.8) is 0 Å². The summed E-state index contributed by atoms with van der Waals surface area (Å²) in [4.78, 5) is 46.9. The lowest BCUT2D eigenvalue weighted by molar-refractivity contribution is -0.147. The maximum atomic E-state index is 11.8. The number of rotatable bonds is 6. The van der Waals surface area contributed by atoms with Crippen LogP contribution in [0.4, 0.5) is 4.79 Å². The van der Waals surface area contributed by atoms with Crippen LogP contribution in [-0.4, -0.2) is 53.0 Å². The first-order valence-corrected chi connectivity index (χ1v) is 6.97. The van der Waals surface area contributed by atoms with Gasteiger partial charge in [0.25, 0.3) is 5.91 Å². The fourth-order valence-corrected chi connectivity index (χ4v) is 2.07. The predicted molar refractivity (Wildman–Crippen MR) is 73.4 cm³/mol. The number of carbonyl (C=O) groups excluding carboxylic acids is 3. The Balaban J connectivity index is 2.54. The molecule has 118 valence electrons. The number of urea groups is 1. The molecule has 8 heteroatoms. The molecule has 2 unspecified atom stereocenters. The van der Waals surface area contributed by atoms with Gasteiger partial charge < -0.3 is 15.7 Å². The smallest absolute Gasteiger partial charge is 0.326 e. The van der Waals surface area contributed by atoms with Crippen molar-refractivity contribution in [2.75, 3.05) is 7.05 Å². The SMILES string of the molecule is CCCCC(NC(=O)NC1CCC(=O)N(C)C1=O)C(=O)O. The zero-order valence-corrected chi connectivity index (χ0v) is 12.2. The van der Waals surface area contributed by atoms with Gasteiger partial charge in [-0.3, -0.25) is 14.5 Å². The Morgan fingerprint density at radius 1 is 1.43 bits per heavy atom. The fraction of sp³-hybridized carbons (Fsp3) is 0.692. The number of likely N-dealkylation sites (tertiary alicyclic amines) is 1. The van der Waals surface area contributed by atoms with E-state index in [1.807, 2.05) is 6.92 Å². The van der Waals surface area contributed by atoms with Crippen molar-refractivity contribution < 1.29 is 24.3 Å². The normalized spacial score (nSPS) is 20.1. The standard InChI is InChI=1S/C13H21N3O5/c1-3-4-5-9(12(19)20)15-13(21)14-8-6-7-10(17)16(2)11(8)18/h8-9H,3-7H2,1-2H3,(H,19,20)(H2,14,15,21). The van der Waals surface area contributed by atoms with E-state index in [-0.39, 0.29) is 18.7 Å². The molecule has 3 N–H and O–H groups in total. The van der Waals surface area contributed by atoms with Crippen molar-refractivity contribution in [1.82, 2.24) is 15.5 Å². The third-order valence-electron chi connectivity index (χ3n) is 3.40. The van der Waals surface area contributed by atoms with Crippen LogP contribution in [0.3, 0.4) is 0 Å². The number of amides is 4. The Bertz CT molecular complexity index is 438. The monoisotopic (exact) mass is 299 g/mol. The second kappa shape index (κ2) is 7.61. The molecule has 8 nitrogen and oxygen atoms in total. The maximum absolute atomic E-state index is 11.8. The number of carboxylic acids is 1. The highest BCUT2D eigenvalue weighted by molar-refractivity contribution is 6.01. The summed E-state index contributed by atoms with van der Waals surface area (Å²) in [6.07, 6.45) is 2.22. The summed E-state index contributed by atoms with van der Waals surface area (Å²) in [5, 5.41) is 13.8. The number of imide groups is 1. The summed E-state index contributed by atoms with van der Waals surface area (Å²) >= 11 is 0. The van der Waals surface area contributed by atoms with E-state index in [2.05, 4.69) is 10.6 Å². The van der Waals surface area contributed by atoms with Crippen molar-refractivity contribution >= 4 is 23.8 Å². The van der Waals surface area contributed by atoms with Gasteiger partial charge in [-0.2, -0.15) is 0 Å². The predicted octanol–water partition coefficient (Wildman–Crippen LogP) is 0.0764. The minimum Gasteiger partial charge on any atom is -0.480 e. The maximum Gasteiger partial charge on any atom is 0.326 e. The average Bonchev–Trinajstić information content (AvgIpc) is 2.43. The molecule has 0 aromatic carbocycles. The Kier molecular flexibility index (Phi) is 6.13. The molecule has 1 fully saturated rings. The molecule has 21 heavy (non-hydrogen) atoms. The number of unbranched alkanes of at least 4 members (excludes halogenated alkanes) is 1. The topological polar surface area (TPSA) is 116 Å². The summed E-state index contributed by atoms with van der Waals surface area (Å²) in [6.45, 7) is 1.92. The second-order valence-electron chi connectivity index (χ2n) is 5.03. The zero-order valence-electron chi connectivity index (χ0n) is 12.2. The number of hydrogen-bond donors (Lipinski definition) is 3. The summed E-state index contributed by atoms with van der Waals surface area (Å²) in [6, 6.07) is -2.49. The first-order valence-electron chi connectivity index (χ1n) is 6.97. The molecule has 0 bridgehead atoms. The van der Waals surface area contributed by atoms with Crippen LogP contribution in [0.25, 0.3) is 0 Å². The third-order valence-corrected chi connectivity index (χ3v) is 3.40. The molecule has 0 saturated carbocycles. The van der Waals surface area contributed by atoms with Gasteiger partial charge in [0.15, 0.2) is 0 Å². The summed E-state index contributed by atoms with van der Waals surface area (Å²) in [5.41, 5.74) is 0. The first-order chi connectivity index (χ1) is 9.86. The first kappa shape index (κ1) is 16.9. The fourth-order valence-electron chi connectivity index (χ4n) is 2.07. The summed E-state index contributed by atoms with van der Waals surface area (Å²) < 4.78 is 0. The number of aliphatic carboxylic acids is 1. The summed E-state index contributed by atoms with van der Waals surface area (Å²) in [5.74, 6) is -1.88. The van der Waals surface area contributed by atoms with E-state index in [4.69, 9.17) is 5.11 Å². The van der Waals surface area contributed by atoms with Crippen LogP contribution in [0.15, 0.2) is 0 Å². The molecule has 0 aromatic rings. The lowest BCUT2D eigenvalue weighted by Crippen LogP contribution is -2.56. The van der Waals surface area contributed by atoms with E-state index in [0.717, 1.165) is 11.3 Å². The molecule has 0 aliphatic carbocycles. The number of carboxylic acid groups (broad SMARTS) is 1. The number of likely N-dealkylation sites (N-methyl/N-ethyl adjacent to an activating group) is 1. The molecular weight excluding hydrogens is 278 g/mol. The average molecular weight is 299 g/mol. The molecule has 0 spiro atoms. The number of hydrogen-bond acceptors (Lipinski definition) is 4. The van der Waals surface area contributed by atoms with E-state index >= 15 is 0 Å². The number of piperidine rings is 1. The second-order valence-corrected chi connectivity index (χ2v) is 5.03. The lowest BCUT2D eigenvalue weighted by atomic mass is 10.0. The minimum absolute atomic E-state index is 0.172. The van der Waals surface area contributed by atoms with Gasteiger partial charge in [-0.05, 0) is 12.8 Å². The zero-order chi connectivity index (χ0) is 16.0. The molecule has 1 heterocycles. The van der Waals surface area contributed by atoms with Crippen LogP contribution in [0.5, 0.6) is 0 Å². The molecule has 0 aromatic heterocycles. The highest BCUT2D eigenvalue weighted by Gasteiger charge is 2.33. The van der Waals surface area contributed by atoms with Crippen LogP contribution in [0, 0.1) is 0 Å². The largest absolute Gasteiger partial charge is 0.480 e. The molecule has 2 atom stereocenters. The highest BCUT2D eigenvalue weighted by Crippen LogP contribution is 2.11. The van der Waals surface area contributed by atoms with Gasteiger partial charge in [0.2, 0.25) is 5.91 Å². The molecule has 1 aliphatic rings. The van der Waals surface area contributed by atoms with Crippen molar-refractivity contribution in [2.45, 2.75) is 51.1 Å². The number of nitrogens with zero attached hydrogens (tertiary/aromatic N) is 1. The van der Waals surface area contributed by atoms with Crippen molar-refractivity contribution in [3.8, 4) is 0 Å². The molecule has 0 radical (unpaired) electrons. The molecular formula is C13H21N3O5. The quantitative estimate of drug-likeness (QED) is 0.600. The number of carbonyl (C=O) groups is 4. The Morgan fingerprint density at radius 3 is 2.67 bits per heavy atom. The van der Waals surface area contributed by atoms with Gasteiger partial charge >= 0.3 is 12.0 Å². The highest BCUT2D eigenvalue weighted by atomic mass is 16.4. The van der Waals surface area contributed by atoms with Crippen molar-refractivity contribution in [3.05, 3.63) is 0 Å². The van der Waals surface area contributed by atoms with Crippen LogP contribution in [0.1, 0.15) is 39.0 Å². The van der Waals surface area contributed by atoms with E-state index in [1.54, 1.807) is 0 Å².